The maximum absolute atomic E-state index is 13.2. The van der Waals surface area contributed by atoms with Crippen LogP contribution in [0.15, 0.2) is 42.7 Å². The largest absolute Gasteiger partial charge is 0.497 e. The molecule has 37 heavy (non-hydrogen) atoms. The van der Waals surface area contributed by atoms with Gasteiger partial charge in [-0.1, -0.05) is 24.3 Å². The first-order chi connectivity index (χ1) is 17.6. The van der Waals surface area contributed by atoms with Crippen LogP contribution in [0.25, 0.3) is 22.2 Å². The number of methoxy groups -OCH3 is 1. The molecule has 2 aliphatic rings. The zero-order valence-corrected chi connectivity index (χ0v) is 22.5. The van der Waals surface area contributed by atoms with Gasteiger partial charge in [0.1, 0.15) is 29.1 Å². The Labute approximate surface area is 218 Å². The van der Waals surface area contributed by atoms with Crippen LogP contribution in [-0.4, -0.2) is 51.3 Å². The topological polar surface area (TPSA) is 95.5 Å². The monoisotopic (exact) mass is 503 g/mol. The van der Waals surface area contributed by atoms with E-state index < -0.39 is 5.60 Å². The van der Waals surface area contributed by atoms with Crippen LogP contribution in [0, 0.1) is 5.41 Å². The molecule has 0 saturated carbocycles. The molecule has 8 nitrogen and oxygen atoms in total. The number of hydrogen-bond donors (Lipinski definition) is 1. The van der Waals surface area contributed by atoms with Gasteiger partial charge in [0.15, 0.2) is 0 Å². The molecule has 0 radical (unpaired) electrons. The van der Waals surface area contributed by atoms with Gasteiger partial charge >= 0.3 is 6.09 Å². The maximum atomic E-state index is 13.2. The molecule has 1 saturated heterocycles. The van der Waals surface area contributed by atoms with E-state index in [2.05, 4.69) is 45.9 Å². The Morgan fingerprint density at radius 3 is 2.54 bits per heavy atom. The summed E-state index contributed by atoms with van der Waals surface area (Å²) in [7, 11) is 3.72. The Morgan fingerprint density at radius 1 is 1.14 bits per heavy atom. The van der Waals surface area contributed by atoms with Crippen molar-refractivity contribution in [2.24, 2.45) is 12.5 Å². The van der Waals surface area contributed by atoms with E-state index in [1.165, 1.54) is 6.33 Å². The molecule has 2 N–H and O–H groups in total. The van der Waals surface area contributed by atoms with Gasteiger partial charge in [-0.3, -0.25) is 0 Å². The van der Waals surface area contributed by atoms with Crippen molar-refractivity contribution in [3.05, 3.63) is 48.4 Å². The summed E-state index contributed by atoms with van der Waals surface area (Å²) in [6.45, 7) is 6.99. The zero-order chi connectivity index (χ0) is 26.4. The first-order valence-electron chi connectivity index (χ1n) is 13.0. The molecular formula is C29H37N5O3. The number of allylic oxidation sites excluding steroid dienone is 2. The van der Waals surface area contributed by atoms with Crippen LogP contribution in [0.2, 0.25) is 0 Å². The molecule has 1 fully saturated rings. The number of nitrogen functional groups attached to an aromatic ring is 1. The molecule has 1 aliphatic heterocycles. The molecule has 1 aliphatic carbocycles. The Bertz CT molecular complexity index is 1340. The fourth-order valence-corrected chi connectivity index (χ4v) is 6.11. The van der Waals surface area contributed by atoms with Crippen molar-refractivity contribution in [2.45, 2.75) is 58.0 Å². The number of likely N-dealkylation sites (tertiary alicyclic amines) is 1. The second-order valence-electron chi connectivity index (χ2n) is 11.3. The van der Waals surface area contributed by atoms with Gasteiger partial charge in [-0.15, -0.1) is 0 Å². The molecule has 0 bridgehead atoms. The first-order valence-corrected chi connectivity index (χ1v) is 13.0. The van der Waals surface area contributed by atoms with E-state index >= 15 is 0 Å². The second kappa shape index (κ2) is 9.39. The third kappa shape index (κ3) is 4.54. The smallest absolute Gasteiger partial charge is 0.410 e. The Hall–Kier alpha value is -3.55. The van der Waals surface area contributed by atoms with Gasteiger partial charge in [-0.25, -0.2) is 14.8 Å². The molecule has 3 aromatic rings. The number of fused-ring (bicyclic) bond motifs is 1. The van der Waals surface area contributed by atoms with Crippen molar-refractivity contribution < 1.29 is 14.3 Å². The third-order valence-corrected chi connectivity index (χ3v) is 7.92. The molecule has 2 aromatic heterocycles. The molecule has 2 atom stereocenters. The zero-order valence-electron chi connectivity index (χ0n) is 22.5. The Balaban J connectivity index is 1.70. The number of aromatic nitrogens is 3. The molecule has 1 amide bonds. The Kier molecular flexibility index (Phi) is 6.38. The minimum Gasteiger partial charge on any atom is -0.497 e. The lowest BCUT2D eigenvalue weighted by molar-refractivity contribution is 0.00134. The number of amides is 1. The Morgan fingerprint density at radius 2 is 1.89 bits per heavy atom. The minimum absolute atomic E-state index is 0.0266. The molecule has 2 unspecified atom stereocenters. The van der Waals surface area contributed by atoms with Crippen molar-refractivity contribution >= 4 is 22.9 Å². The third-order valence-electron chi connectivity index (χ3n) is 7.92. The number of carbonyl (C=O) groups excluding carboxylic acids is 1. The standard InChI is InChI=1S/C29H37N5O3/c1-28(2,3)37-27(35)34-16-15-29(13-7-6-8-14-29)21(17-34)24-22(19-9-11-20(36-5)12-10-19)23-25(30)31-18-32-26(23)33(24)4/h6-7,9-12,18,21H,8,13-17H2,1-5H3,(H2,30,31,32). The molecule has 8 heteroatoms. The highest BCUT2D eigenvalue weighted by Gasteiger charge is 2.47. The predicted molar refractivity (Wildman–Crippen MR) is 145 cm³/mol. The van der Waals surface area contributed by atoms with E-state index in [1.807, 2.05) is 37.8 Å². The number of carbonyl (C=O) groups is 1. The molecule has 3 heterocycles. The highest BCUT2D eigenvalue weighted by molar-refractivity contribution is 6.02. The normalized spacial score (nSPS) is 22.0. The second-order valence-corrected chi connectivity index (χ2v) is 11.3. The van der Waals surface area contributed by atoms with E-state index in [9.17, 15) is 4.79 Å². The molecule has 5 rings (SSSR count). The molecular weight excluding hydrogens is 466 g/mol. The summed E-state index contributed by atoms with van der Waals surface area (Å²) >= 11 is 0. The van der Waals surface area contributed by atoms with Crippen LogP contribution in [0.3, 0.4) is 0 Å². The van der Waals surface area contributed by atoms with Gasteiger partial charge in [-0.2, -0.15) is 0 Å². The molecule has 196 valence electrons. The summed E-state index contributed by atoms with van der Waals surface area (Å²) in [4.78, 5) is 24.1. The number of nitrogens with zero attached hydrogens (tertiary/aromatic N) is 4. The quantitative estimate of drug-likeness (QED) is 0.462. The lowest BCUT2D eigenvalue weighted by atomic mass is 9.62. The van der Waals surface area contributed by atoms with E-state index in [0.717, 1.165) is 59.3 Å². The number of benzene rings is 1. The lowest BCUT2D eigenvalue weighted by Gasteiger charge is -2.49. The summed E-state index contributed by atoms with van der Waals surface area (Å²) in [5.41, 5.74) is 9.96. The van der Waals surface area contributed by atoms with Crippen LogP contribution in [-0.2, 0) is 11.8 Å². The number of anilines is 1. The van der Waals surface area contributed by atoms with Crippen molar-refractivity contribution in [3.8, 4) is 16.9 Å². The van der Waals surface area contributed by atoms with Crippen molar-refractivity contribution in [2.75, 3.05) is 25.9 Å². The van der Waals surface area contributed by atoms with Crippen LogP contribution >= 0.6 is 0 Å². The van der Waals surface area contributed by atoms with Crippen LogP contribution < -0.4 is 10.5 Å². The van der Waals surface area contributed by atoms with Gasteiger partial charge < -0.3 is 24.7 Å². The van der Waals surface area contributed by atoms with Crippen LogP contribution in [0.1, 0.15) is 58.1 Å². The number of aryl methyl sites for hydroxylation is 1. The van der Waals surface area contributed by atoms with E-state index in [0.29, 0.717) is 18.9 Å². The number of nitrogens with two attached hydrogens (primary N) is 1. The fraction of sp³-hybridized carbons (Fsp3) is 0.483. The summed E-state index contributed by atoms with van der Waals surface area (Å²) < 4.78 is 13.4. The number of rotatable bonds is 3. The van der Waals surface area contributed by atoms with Crippen molar-refractivity contribution in [3.63, 3.8) is 0 Å². The van der Waals surface area contributed by atoms with E-state index in [1.54, 1.807) is 7.11 Å². The van der Waals surface area contributed by atoms with Crippen molar-refractivity contribution in [1.82, 2.24) is 19.4 Å². The number of piperidine rings is 1. The number of ether oxygens (including phenoxy) is 2. The summed E-state index contributed by atoms with van der Waals surface area (Å²) in [5, 5.41) is 0.848. The minimum atomic E-state index is -0.548. The molecule has 1 spiro atoms. The van der Waals surface area contributed by atoms with E-state index in [-0.39, 0.29) is 17.4 Å². The highest BCUT2D eigenvalue weighted by atomic mass is 16.6. The highest BCUT2D eigenvalue weighted by Crippen LogP contribution is 2.54. The summed E-state index contributed by atoms with van der Waals surface area (Å²) in [5.74, 6) is 1.31. The average Bonchev–Trinajstić information content (AvgIpc) is 3.17. The fourth-order valence-electron chi connectivity index (χ4n) is 6.11. The van der Waals surface area contributed by atoms with Gasteiger partial charge in [0.25, 0.3) is 0 Å². The van der Waals surface area contributed by atoms with Gasteiger partial charge in [-0.05, 0) is 69.6 Å². The number of hydrogen-bond acceptors (Lipinski definition) is 6. The average molecular weight is 504 g/mol. The lowest BCUT2D eigenvalue weighted by Crippen LogP contribution is -2.50. The first kappa shape index (κ1) is 25.1. The van der Waals surface area contributed by atoms with Crippen LogP contribution in [0.5, 0.6) is 5.75 Å². The molecule has 1 aromatic carbocycles. The van der Waals surface area contributed by atoms with Gasteiger partial charge in [0.05, 0.1) is 12.5 Å². The predicted octanol–water partition coefficient (Wildman–Crippen LogP) is 5.68. The van der Waals surface area contributed by atoms with Gasteiger partial charge in [0.2, 0.25) is 0 Å². The maximum Gasteiger partial charge on any atom is 0.410 e. The summed E-state index contributed by atoms with van der Waals surface area (Å²) in [6.07, 6.45) is 9.83. The van der Waals surface area contributed by atoms with E-state index in [4.69, 9.17) is 15.2 Å². The van der Waals surface area contributed by atoms with Crippen molar-refractivity contribution in [1.29, 1.82) is 0 Å². The summed E-state index contributed by atoms with van der Waals surface area (Å²) in [6, 6.07) is 8.05. The van der Waals surface area contributed by atoms with Gasteiger partial charge in [0, 0.05) is 37.3 Å². The van der Waals surface area contributed by atoms with Crippen LogP contribution in [0.4, 0.5) is 10.6 Å². The SMILES string of the molecule is COc1ccc(-c2c(C3CN(C(=O)OC(C)(C)C)CCC34CC=CCC4)n(C)c3ncnc(N)c23)cc1.